The fraction of sp³-hybridized carbons (Fsp3) is 0.393. The number of rotatable bonds is 15. The van der Waals surface area contributed by atoms with Gasteiger partial charge in [-0.15, -0.1) is 0 Å². The lowest BCUT2D eigenvalue weighted by molar-refractivity contribution is -0.142. The van der Waals surface area contributed by atoms with E-state index in [1.54, 1.807) is 12.1 Å². The van der Waals surface area contributed by atoms with Crippen LogP contribution >= 0.6 is 23.2 Å². The fourth-order valence-corrected chi connectivity index (χ4v) is 4.34. The van der Waals surface area contributed by atoms with Crippen molar-refractivity contribution >= 4 is 46.8 Å². The average molecular weight is 584 g/mol. The second kappa shape index (κ2) is 18.2. The molecule has 3 unspecified atom stereocenters. The van der Waals surface area contributed by atoms with E-state index < -0.39 is 24.0 Å². The summed E-state index contributed by atoms with van der Waals surface area (Å²) in [6, 6.07) is 13.1. The molecule has 0 aromatic heterocycles. The number of hydrogen-bond acceptors (Lipinski definition) is 6. The van der Waals surface area contributed by atoms with E-state index in [-0.39, 0.29) is 11.8 Å². The lowest BCUT2D eigenvalue weighted by Crippen LogP contribution is -2.22. The maximum atomic E-state index is 11.7. The monoisotopic (exact) mass is 582 g/mol. The fourth-order valence-electron chi connectivity index (χ4n) is 3.84. The van der Waals surface area contributed by atoms with Crippen LogP contribution in [0.15, 0.2) is 54.6 Å². The third-order valence-electron chi connectivity index (χ3n) is 6.06. The van der Waals surface area contributed by atoms with Crippen molar-refractivity contribution in [2.45, 2.75) is 51.0 Å². The molecule has 11 heteroatoms. The highest BCUT2D eigenvalue weighted by Gasteiger charge is 2.25. The number of aliphatic carboxylic acids is 3. The molecule has 0 amide bonds. The average Bonchev–Trinajstić information content (AvgIpc) is 2.89. The van der Waals surface area contributed by atoms with Crippen LogP contribution in [0, 0.1) is 5.92 Å². The Morgan fingerprint density at radius 3 is 1.95 bits per heavy atom. The van der Waals surface area contributed by atoms with Gasteiger partial charge in [0.25, 0.3) is 0 Å². The van der Waals surface area contributed by atoms with Gasteiger partial charge in [0.05, 0.1) is 27.8 Å². The highest BCUT2D eigenvalue weighted by molar-refractivity contribution is 6.38. The molecule has 0 spiro atoms. The lowest BCUT2D eigenvalue weighted by atomic mass is 9.84. The molecule has 2 aromatic carbocycles. The predicted octanol–water partition coefficient (Wildman–Crippen LogP) is 5.37. The molecule has 0 bridgehead atoms. The molecule has 0 fully saturated rings. The molecule has 7 N–H and O–H groups in total. The van der Waals surface area contributed by atoms with Crippen molar-refractivity contribution in [3.63, 3.8) is 0 Å². The summed E-state index contributed by atoms with van der Waals surface area (Å²) >= 11 is 12.0. The molecule has 2 aromatic rings. The van der Waals surface area contributed by atoms with Gasteiger partial charge in [0, 0.05) is 18.7 Å². The predicted molar refractivity (Wildman–Crippen MR) is 152 cm³/mol. The van der Waals surface area contributed by atoms with Gasteiger partial charge in [0.15, 0.2) is 0 Å². The van der Waals surface area contributed by atoms with Crippen LogP contribution in [0.5, 0.6) is 0 Å². The number of unbranched alkanes of at least 4 members (excludes halogenated alkanes) is 3. The minimum atomic E-state index is -1.26. The van der Waals surface area contributed by atoms with Crippen LogP contribution in [0.1, 0.15) is 62.2 Å². The van der Waals surface area contributed by atoms with Gasteiger partial charge < -0.3 is 31.5 Å². The summed E-state index contributed by atoms with van der Waals surface area (Å²) in [4.78, 5) is 30.8. The van der Waals surface area contributed by atoms with Gasteiger partial charge >= 0.3 is 17.9 Å². The Bertz CT molecular complexity index is 1060. The van der Waals surface area contributed by atoms with Gasteiger partial charge in [-0.3, -0.25) is 4.79 Å². The number of anilines is 1. The van der Waals surface area contributed by atoms with E-state index >= 15 is 0 Å². The molecule has 39 heavy (non-hydrogen) atoms. The van der Waals surface area contributed by atoms with E-state index in [4.69, 9.17) is 39.1 Å². The van der Waals surface area contributed by atoms with Crippen LogP contribution in [-0.4, -0.2) is 51.4 Å². The van der Waals surface area contributed by atoms with Crippen LogP contribution in [0.25, 0.3) is 0 Å². The molecular formula is C28H36Cl2N2O7. The quantitative estimate of drug-likeness (QED) is 0.0917. The van der Waals surface area contributed by atoms with E-state index in [1.807, 2.05) is 37.3 Å². The summed E-state index contributed by atoms with van der Waals surface area (Å²) in [5.41, 5.74) is 7.73. The Kier molecular flexibility index (Phi) is 15.9. The first-order valence-corrected chi connectivity index (χ1v) is 13.2. The number of benzene rings is 2. The molecule has 3 atom stereocenters. The van der Waals surface area contributed by atoms with E-state index in [2.05, 4.69) is 5.32 Å². The smallest absolute Gasteiger partial charge is 0.328 e. The van der Waals surface area contributed by atoms with Gasteiger partial charge in [0.2, 0.25) is 0 Å². The summed E-state index contributed by atoms with van der Waals surface area (Å²) in [6.45, 7) is 3.16. The SMILES string of the molecule is CC(c1ccccc1)C(CCCCCCNCC(O)c1cc(Cl)c(N)c(Cl)c1)C(=O)O.O=C(O)/C=C\C(=O)O. The number of nitrogens with one attached hydrogen (secondary N) is 1. The minimum absolute atomic E-state index is 0.00259. The lowest BCUT2D eigenvalue weighted by Gasteiger charge is -2.20. The maximum absolute atomic E-state index is 11.7. The van der Waals surface area contributed by atoms with Gasteiger partial charge in [-0.25, -0.2) is 9.59 Å². The molecule has 0 aliphatic carbocycles. The summed E-state index contributed by atoms with van der Waals surface area (Å²) in [7, 11) is 0. The topological polar surface area (TPSA) is 170 Å². The number of nitrogens with two attached hydrogens (primary N) is 1. The molecule has 0 heterocycles. The van der Waals surface area contributed by atoms with Crippen molar-refractivity contribution < 1.29 is 34.8 Å². The Morgan fingerprint density at radius 2 is 1.44 bits per heavy atom. The van der Waals surface area contributed by atoms with Crippen molar-refractivity contribution in [1.82, 2.24) is 5.32 Å². The Hall–Kier alpha value is -3.11. The zero-order valence-corrected chi connectivity index (χ0v) is 23.2. The second-order valence-electron chi connectivity index (χ2n) is 8.97. The van der Waals surface area contributed by atoms with Gasteiger partial charge in [-0.1, -0.05) is 79.7 Å². The third-order valence-corrected chi connectivity index (χ3v) is 6.68. The number of carboxylic acid groups (broad SMARTS) is 3. The number of aliphatic hydroxyl groups excluding tert-OH is 1. The first kappa shape index (κ1) is 33.9. The van der Waals surface area contributed by atoms with Crippen molar-refractivity contribution in [2.75, 3.05) is 18.8 Å². The van der Waals surface area contributed by atoms with Crippen LogP contribution in [-0.2, 0) is 14.4 Å². The van der Waals surface area contributed by atoms with Crippen molar-refractivity contribution in [3.8, 4) is 0 Å². The number of aliphatic hydroxyl groups is 1. The van der Waals surface area contributed by atoms with E-state index in [0.29, 0.717) is 46.4 Å². The zero-order valence-electron chi connectivity index (χ0n) is 21.7. The molecule has 9 nitrogen and oxygen atoms in total. The van der Waals surface area contributed by atoms with Crippen LogP contribution in [0.3, 0.4) is 0 Å². The summed E-state index contributed by atoms with van der Waals surface area (Å²) in [6.07, 6.45) is 4.92. The third kappa shape index (κ3) is 13.5. The molecular weight excluding hydrogens is 547 g/mol. The summed E-state index contributed by atoms with van der Waals surface area (Å²) < 4.78 is 0. The first-order chi connectivity index (χ1) is 18.4. The Labute approximate surface area is 238 Å². The van der Waals surface area contributed by atoms with Gasteiger partial charge in [-0.05, 0) is 48.6 Å². The normalized spacial score (nSPS) is 13.2. The molecule has 0 aliphatic heterocycles. The van der Waals surface area contributed by atoms with Gasteiger partial charge in [0.1, 0.15) is 0 Å². The van der Waals surface area contributed by atoms with Crippen molar-refractivity contribution in [2.24, 2.45) is 5.92 Å². The molecule has 0 aliphatic rings. The highest BCUT2D eigenvalue weighted by Crippen LogP contribution is 2.31. The number of halogens is 2. The van der Waals surface area contributed by atoms with Crippen LogP contribution < -0.4 is 11.1 Å². The van der Waals surface area contributed by atoms with Gasteiger partial charge in [-0.2, -0.15) is 0 Å². The number of nitrogen functional groups attached to an aromatic ring is 1. The zero-order chi connectivity index (χ0) is 29.4. The number of hydrogen-bond donors (Lipinski definition) is 6. The van der Waals surface area contributed by atoms with Crippen molar-refractivity contribution in [1.29, 1.82) is 0 Å². The molecule has 0 radical (unpaired) electrons. The maximum Gasteiger partial charge on any atom is 0.328 e. The number of carboxylic acids is 3. The minimum Gasteiger partial charge on any atom is -0.481 e. The van der Waals surface area contributed by atoms with Crippen molar-refractivity contribution in [3.05, 3.63) is 75.8 Å². The molecule has 0 saturated heterocycles. The molecule has 214 valence electrons. The standard InChI is InChI=1S/C24H32Cl2N2O3.C4H4O4/c1-16(17-9-5-4-6-10-17)19(24(30)31)11-7-2-3-8-12-28-15-22(29)18-13-20(25)23(27)21(26)14-18;5-3(6)1-2-4(7)8/h4-6,9-10,13-14,16,19,22,28-29H,2-3,7-8,11-12,15,27H2,1H3,(H,30,31);1-2H,(H,5,6)(H,7,8)/b;2-1-. The largest absolute Gasteiger partial charge is 0.481 e. The Morgan fingerprint density at radius 1 is 0.897 bits per heavy atom. The van der Waals surface area contributed by atoms with Crippen LogP contribution in [0.4, 0.5) is 5.69 Å². The second-order valence-corrected chi connectivity index (χ2v) is 9.79. The van der Waals surface area contributed by atoms with E-state index in [1.165, 1.54) is 0 Å². The molecule has 2 rings (SSSR count). The van der Waals surface area contributed by atoms with Crippen LogP contribution in [0.2, 0.25) is 10.0 Å². The first-order valence-electron chi connectivity index (χ1n) is 12.5. The summed E-state index contributed by atoms with van der Waals surface area (Å²) in [5, 5.41) is 39.4. The molecule has 0 saturated carbocycles. The highest BCUT2D eigenvalue weighted by atomic mass is 35.5. The number of carbonyl (C=O) groups is 3. The Balaban J connectivity index is 0.000000824. The van der Waals surface area contributed by atoms with E-state index in [9.17, 15) is 24.6 Å². The summed E-state index contributed by atoms with van der Waals surface area (Å²) in [5.74, 6) is -3.61. The van der Waals surface area contributed by atoms with E-state index in [0.717, 1.165) is 37.8 Å².